The van der Waals surface area contributed by atoms with E-state index in [2.05, 4.69) is 10.1 Å². The molecule has 0 spiro atoms. The highest BCUT2D eigenvalue weighted by Crippen LogP contribution is 2.26. The highest BCUT2D eigenvalue weighted by molar-refractivity contribution is 6.20. The van der Waals surface area contributed by atoms with Crippen molar-refractivity contribution in [1.82, 2.24) is 4.57 Å². The Balaban J connectivity index is 1.50. The second-order valence-corrected chi connectivity index (χ2v) is 7.40. The summed E-state index contributed by atoms with van der Waals surface area (Å²) in [7, 11) is 0. The number of hydrogen-bond acceptors (Lipinski definition) is 4. The summed E-state index contributed by atoms with van der Waals surface area (Å²) in [5.41, 5.74) is -2.35. The minimum atomic E-state index is -3.83. The number of hydrogen-bond donors (Lipinski definition) is 1. The molecule has 0 saturated carbocycles. The van der Waals surface area contributed by atoms with Crippen LogP contribution < -0.4 is 20.5 Å². The molecule has 0 atom stereocenters. The summed E-state index contributed by atoms with van der Waals surface area (Å²) in [5.74, 6) is -0.623. The maximum atomic E-state index is 12.7. The van der Waals surface area contributed by atoms with Gasteiger partial charge < -0.3 is 15.0 Å². The molecule has 1 saturated heterocycles. The van der Waals surface area contributed by atoms with Gasteiger partial charge >= 0.3 is 5.57 Å². The number of alkyl halides is 3. The lowest BCUT2D eigenvalue weighted by Gasteiger charge is -2.30. The highest BCUT2D eigenvalue weighted by atomic mass is 35.5. The van der Waals surface area contributed by atoms with Crippen LogP contribution in [0.4, 0.5) is 20.2 Å². The molecule has 10 heteroatoms. The van der Waals surface area contributed by atoms with Gasteiger partial charge in [-0.15, -0.1) is 8.78 Å². The number of aromatic nitrogens is 1. The largest absolute Gasteiger partial charge is 0.487 e. The van der Waals surface area contributed by atoms with E-state index < -0.39 is 11.5 Å². The molecule has 1 N–H and O–H groups in total. The molecule has 2 heterocycles. The van der Waals surface area contributed by atoms with Crippen molar-refractivity contribution in [3.63, 3.8) is 0 Å². The van der Waals surface area contributed by atoms with Gasteiger partial charge in [0.05, 0.1) is 5.56 Å². The number of amides is 2. The molecule has 3 aromatic rings. The number of carbonyl (C=O) groups is 2. The average Bonchev–Trinajstić information content (AvgIpc) is 2.74. The van der Waals surface area contributed by atoms with Crippen molar-refractivity contribution >= 4 is 34.8 Å². The van der Waals surface area contributed by atoms with Crippen molar-refractivity contribution in [2.45, 2.75) is 12.0 Å². The van der Waals surface area contributed by atoms with Crippen LogP contribution in [0.3, 0.4) is 0 Å². The molecule has 1 aromatic heterocycles. The van der Waals surface area contributed by atoms with E-state index in [9.17, 15) is 23.2 Å². The van der Waals surface area contributed by atoms with E-state index in [1.54, 1.807) is 29.2 Å². The van der Waals surface area contributed by atoms with Gasteiger partial charge in [0.25, 0.3) is 11.5 Å². The predicted molar refractivity (Wildman–Crippen MR) is 115 cm³/mol. The molecule has 0 radical (unpaired) electrons. The molecule has 2 amide bonds. The SMILES string of the molecule is O=C(Nc1ccc(OC(F)(F)Cl)cc1)c1ccc(=O)n(-c2ccc(N3CCC3=O)cc2)c1. The Labute approximate surface area is 185 Å². The Morgan fingerprint density at radius 3 is 2.19 bits per heavy atom. The summed E-state index contributed by atoms with van der Waals surface area (Å²) < 4.78 is 30.9. The van der Waals surface area contributed by atoms with Crippen LogP contribution in [0.25, 0.3) is 5.69 Å². The fraction of sp³-hybridized carbons (Fsp3) is 0.136. The zero-order valence-corrected chi connectivity index (χ0v) is 17.2. The Bertz CT molecular complexity index is 1220. The zero-order valence-electron chi connectivity index (χ0n) is 16.4. The third kappa shape index (κ3) is 4.78. The molecule has 2 aromatic carbocycles. The molecule has 0 unspecified atom stereocenters. The first-order valence-corrected chi connectivity index (χ1v) is 9.88. The Morgan fingerprint density at radius 2 is 1.62 bits per heavy atom. The van der Waals surface area contributed by atoms with E-state index in [-0.39, 0.29) is 22.8 Å². The van der Waals surface area contributed by atoms with Gasteiger partial charge in [-0.2, -0.15) is 0 Å². The van der Waals surface area contributed by atoms with Crippen molar-refractivity contribution in [2.24, 2.45) is 0 Å². The number of anilines is 2. The van der Waals surface area contributed by atoms with E-state index in [0.717, 1.165) is 5.69 Å². The molecule has 0 bridgehead atoms. The third-order valence-corrected chi connectivity index (χ3v) is 4.89. The first-order chi connectivity index (χ1) is 15.2. The number of pyridine rings is 1. The monoisotopic (exact) mass is 459 g/mol. The second kappa shape index (κ2) is 8.43. The number of nitrogens with one attached hydrogen (secondary N) is 1. The van der Waals surface area contributed by atoms with Crippen LogP contribution in [-0.2, 0) is 4.79 Å². The topological polar surface area (TPSA) is 80.6 Å². The smallest absolute Gasteiger partial charge is 0.420 e. The van der Waals surface area contributed by atoms with Crippen LogP contribution in [0.1, 0.15) is 16.8 Å². The molecule has 1 fully saturated rings. The molecule has 1 aliphatic rings. The summed E-state index contributed by atoms with van der Waals surface area (Å²) >= 11 is 4.72. The van der Waals surface area contributed by atoms with Gasteiger partial charge in [0, 0.05) is 53.9 Å². The molecule has 32 heavy (non-hydrogen) atoms. The maximum absolute atomic E-state index is 12.7. The van der Waals surface area contributed by atoms with Crippen LogP contribution in [-0.4, -0.2) is 28.5 Å². The van der Waals surface area contributed by atoms with Gasteiger partial charge in [-0.05, 0) is 54.6 Å². The number of benzene rings is 2. The Hall–Kier alpha value is -3.72. The van der Waals surface area contributed by atoms with E-state index in [1.807, 2.05) is 0 Å². The van der Waals surface area contributed by atoms with E-state index >= 15 is 0 Å². The average molecular weight is 460 g/mol. The Morgan fingerprint density at radius 1 is 0.969 bits per heavy atom. The van der Waals surface area contributed by atoms with Gasteiger partial charge in [-0.25, -0.2) is 0 Å². The third-order valence-electron chi connectivity index (χ3n) is 4.81. The van der Waals surface area contributed by atoms with Crippen LogP contribution in [0.15, 0.2) is 71.7 Å². The number of nitrogens with zero attached hydrogens (tertiary/aromatic N) is 2. The molecule has 7 nitrogen and oxygen atoms in total. The Kier molecular flexibility index (Phi) is 5.67. The van der Waals surface area contributed by atoms with Crippen molar-refractivity contribution in [1.29, 1.82) is 0 Å². The van der Waals surface area contributed by atoms with Crippen molar-refractivity contribution < 1.29 is 23.1 Å². The minimum Gasteiger partial charge on any atom is -0.420 e. The van der Waals surface area contributed by atoms with E-state index in [4.69, 9.17) is 11.6 Å². The standard InChI is InChI=1S/C22H16ClF2N3O4/c23-22(24,25)32-18-8-2-15(3-9-18)26-21(31)14-1-10-19(29)28(13-14)17-6-4-16(5-7-17)27-12-11-20(27)30/h1-10,13H,11-12H2,(H,26,31). The fourth-order valence-corrected chi connectivity index (χ4v) is 3.24. The first-order valence-electron chi connectivity index (χ1n) is 9.50. The number of ether oxygens (including phenoxy) is 1. The molecular formula is C22H16ClF2N3O4. The summed E-state index contributed by atoms with van der Waals surface area (Å²) in [4.78, 5) is 38.1. The van der Waals surface area contributed by atoms with Gasteiger partial charge in [0.2, 0.25) is 5.91 Å². The van der Waals surface area contributed by atoms with Gasteiger partial charge in [0.1, 0.15) is 5.75 Å². The van der Waals surface area contributed by atoms with Crippen molar-refractivity contribution in [2.75, 3.05) is 16.8 Å². The minimum absolute atomic E-state index is 0.0459. The van der Waals surface area contributed by atoms with Gasteiger partial charge in [0.15, 0.2) is 0 Å². The van der Waals surface area contributed by atoms with Crippen LogP contribution in [0.5, 0.6) is 5.75 Å². The number of halogens is 3. The van der Waals surface area contributed by atoms with Crippen LogP contribution >= 0.6 is 11.6 Å². The van der Waals surface area contributed by atoms with Gasteiger partial charge in [-0.3, -0.25) is 19.0 Å². The quantitative estimate of drug-likeness (QED) is 0.446. The lowest BCUT2D eigenvalue weighted by atomic mass is 10.1. The zero-order chi connectivity index (χ0) is 22.9. The first kappa shape index (κ1) is 21.5. The summed E-state index contributed by atoms with van der Waals surface area (Å²) in [5, 5.41) is 2.62. The van der Waals surface area contributed by atoms with Crippen molar-refractivity contribution in [3.05, 3.63) is 82.8 Å². The molecule has 4 rings (SSSR count). The van der Waals surface area contributed by atoms with Crippen molar-refractivity contribution in [3.8, 4) is 11.4 Å². The molecule has 0 aliphatic carbocycles. The molecule has 164 valence electrons. The number of carbonyl (C=O) groups excluding carboxylic acids is 2. The molecule has 1 aliphatic heterocycles. The normalized spacial score (nSPS) is 13.5. The predicted octanol–water partition coefficient (Wildman–Crippen LogP) is 3.99. The summed E-state index contributed by atoms with van der Waals surface area (Å²) in [6, 6.07) is 14.7. The summed E-state index contributed by atoms with van der Waals surface area (Å²) in [6.45, 7) is 0.662. The maximum Gasteiger partial charge on any atom is 0.487 e. The van der Waals surface area contributed by atoms with Gasteiger partial charge in [-0.1, -0.05) is 0 Å². The number of rotatable bonds is 6. The lowest BCUT2D eigenvalue weighted by Crippen LogP contribution is -2.43. The fourth-order valence-electron chi connectivity index (χ4n) is 3.15. The lowest BCUT2D eigenvalue weighted by molar-refractivity contribution is -0.122. The molecular weight excluding hydrogens is 444 g/mol. The van der Waals surface area contributed by atoms with Crippen LogP contribution in [0, 0.1) is 0 Å². The van der Waals surface area contributed by atoms with E-state index in [1.165, 1.54) is 47.2 Å². The number of β-lactam (4-membered cyclic amide) rings is 1. The van der Waals surface area contributed by atoms with E-state index in [0.29, 0.717) is 24.3 Å². The summed E-state index contributed by atoms with van der Waals surface area (Å²) in [6.07, 6.45) is 1.92. The van der Waals surface area contributed by atoms with Crippen LogP contribution in [0.2, 0.25) is 0 Å². The second-order valence-electron chi connectivity index (χ2n) is 6.96. The highest BCUT2D eigenvalue weighted by Gasteiger charge is 2.27.